The van der Waals surface area contributed by atoms with Crippen LogP contribution in [0.1, 0.15) is 36.2 Å². The molecule has 2 unspecified atom stereocenters. The molecule has 0 aliphatic carbocycles. The number of ether oxygens (including phenoxy) is 1. The van der Waals surface area contributed by atoms with Gasteiger partial charge in [-0.1, -0.05) is 37.3 Å². The fourth-order valence-electron chi connectivity index (χ4n) is 2.59. The number of benzene rings is 2. The Morgan fingerprint density at radius 1 is 1.19 bits per heavy atom. The van der Waals surface area contributed by atoms with Gasteiger partial charge >= 0.3 is 5.97 Å². The zero-order valence-electron chi connectivity index (χ0n) is 15.0. The Morgan fingerprint density at radius 3 is 2.50 bits per heavy atom. The lowest BCUT2D eigenvalue weighted by Gasteiger charge is -2.28. The Bertz CT molecular complexity index is 764. The van der Waals surface area contributed by atoms with Crippen molar-refractivity contribution in [2.24, 2.45) is 0 Å². The highest BCUT2D eigenvalue weighted by atomic mass is 31.0. The van der Waals surface area contributed by atoms with Crippen LogP contribution < -0.4 is 5.30 Å². The van der Waals surface area contributed by atoms with Crippen LogP contribution >= 0.6 is 9.24 Å². The van der Waals surface area contributed by atoms with E-state index in [-0.39, 0.29) is 18.3 Å². The Hall–Kier alpha value is -2.39. The Morgan fingerprint density at radius 2 is 1.88 bits per heavy atom. The van der Waals surface area contributed by atoms with Crippen molar-refractivity contribution < 1.29 is 19.4 Å². The van der Waals surface area contributed by atoms with Gasteiger partial charge in [-0.25, -0.2) is 4.79 Å². The number of carbonyl (C=O) groups excluding carboxylic acids is 2. The maximum absolute atomic E-state index is 12.9. The van der Waals surface area contributed by atoms with E-state index >= 15 is 0 Å². The zero-order chi connectivity index (χ0) is 19.1. The lowest BCUT2D eigenvalue weighted by atomic mass is 10.1. The zero-order valence-corrected chi connectivity index (χ0v) is 16.2. The van der Waals surface area contributed by atoms with Crippen LogP contribution in [0.15, 0.2) is 48.5 Å². The highest BCUT2D eigenvalue weighted by molar-refractivity contribution is 7.27. The molecular formula is C20H24NO4P. The largest absolute Gasteiger partial charge is 0.508 e. The summed E-state index contributed by atoms with van der Waals surface area (Å²) in [5.74, 6) is -0.621. The maximum atomic E-state index is 12.9. The van der Waals surface area contributed by atoms with Gasteiger partial charge in [0.2, 0.25) is 0 Å². The minimum atomic E-state index is -0.704. The molecule has 26 heavy (non-hydrogen) atoms. The van der Waals surface area contributed by atoms with Gasteiger partial charge < -0.3 is 14.7 Å². The number of rotatable bonds is 7. The quantitative estimate of drug-likeness (QED) is 0.599. The van der Waals surface area contributed by atoms with Crippen molar-refractivity contribution in [2.75, 3.05) is 6.54 Å². The second-order valence-electron chi connectivity index (χ2n) is 6.04. The first-order valence-corrected chi connectivity index (χ1v) is 9.11. The number of hydrogen-bond acceptors (Lipinski definition) is 4. The molecule has 1 N–H and O–H groups in total. The van der Waals surface area contributed by atoms with E-state index in [0.29, 0.717) is 23.8 Å². The average Bonchev–Trinajstić information content (AvgIpc) is 2.64. The molecule has 2 rings (SSSR count). The van der Waals surface area contributed by atoms with Gasteiger partial charge in [0.1, 0.15) is 18.4 Å². The summed E-state index contributed by atoms with van der Waals surface area (Å²) < 4.78 is 5.37. The first-order chi connectivity index (χ1) is 12.4. The number of carbonyl (C=O) groups is 2. The molecule has 0 aromatic heterocycles. The summed E-state index contributed by atoms with van der Waals surface area (Å²) in [6.07, 6.45) is 0.715. The number of nitrogens with zero attached hydrogens (tertiary/aromatic N) is 1. The van der Waals surface area contributed by atoms with Crippen molar-refractivity contribution in [1.29, 1.82) is 0 Å². The van der Waals surface area contributed by atoms with Gasteiger partial charge in [0.15, 0.2) is 0 Å². The molecule has 0 fully saturated rings. The predicted octanol–water partition coefficient (Wildman–Crippen LogP) is 2.88. The minimum absolute atomic E-state index is 0.0870. The molecule has 1 amide bonds. The molecule has 0 saturated carbocycles. The molecule has 0 spiro atoms. The van der Waals surface area contributed by atoms with Gasteiger partial charge in [-0.15, -0.1) is 9.24 Å². The predicted molar refractivity (Wildman–Crippen MR) is 104 cm³/mol. The summed E-state index contributed by atoms with van der Waals surface area (Å²) in [6.45, 7) is 4.22. The van der Waals surface area contributed by atoms with Gasteiger partial charge in [0, 0.05) is 12.1 Å². The number of aromatic hydroxyl groups is 1. The first kappa shape index (κ1) is 19.9. The van der Waals surface area contributed by atoms with E-state index in [9.17, 15) is 14.7 Å². The molecule has 0 aliphatic rings. The number of amides is 1. The number of phenols is 1. The molecule has 0 saturated heterocycles. The van der Waals surface area contributed by atoms with Gasteiger partial charge in [-0.2, -0.15) is 0 Å². The Labute approximate surface area is 156 Å². The highest BCUT2D eigenvalue weighted by Crippen LogP contribution is 2.15. The summed E-state index contributed by atoms with van der Waals surface area (Å²) >= 11 is 0. The third-order valence-electron chi connectivity index (χ3n) is 4.02. The van der Waals surface area contributed by atoms with Gasteiger partial charge in [-0.3, -0.25) is 4.79 Å². The molecule has 2 aromatic carbocycles. The summed E-state index contributed by atoms with van der Waals surface area (Å²) in [6, 6.07) is 13.2. The van der Waals surface area contributed by atoms with Crippen molar-refractivity contribution in [2.45, 2.75) is 32.9 Å². The van der Waals surface area contributed by atoms with Crippen LogP contribution in [-0.4, -0.2) is 34.5 Å². The van der Waals surface area contributed by atoms with Crippen LogP contribution in [0.2, 0.25) is 0 Å². The van der Waals surface area contributed by atoms with E-state index in [2.05, 4.69) is 9.24 Å². The van der Waals surface area contributed by atoms with E-state index in [0.717, 1.165) is 5.56 Å². The van der Waals surface area contributed by atoms with E-state index in [1.165, 1.54) is 17.0 Å². The smallest absolute Gasteiger partial charge is 0.328 e. The van der Waals surface area contributed by atoms with Crippen molar-refractivity contribution in [3.63, 3.8) is 0 Å². The number of esters is 1. The molecule has 0 heterocycles. The summed E-state index contributed by atoms with van der Waals surface area (Å²) in [5.41, 5.74) is 1.33. The van der Waals surface area contributed by atoms with Crippen LogP contribution in [0.4, 0.5) is 0 Å². The second-order valence-corrected chi connectivity index (χ2v) is 6.66. The van der Waals surface area contributed by atoms with E-state index in [4.69, 9.17) is 4.74 Å². The van der Waals surface area contributed by atoms with Crippen LogP contribution in [0, 0.1) is 0 Å². The summed E-state index contributed by atoms with van der Waals surface area (Å²) in [7, 11) is 2.44. The number of hydrogen-bond donors (Lipinski definition) is 1. The minimum Gasteiger partial charge on any atom is -0.508 e. The molecule has 6 heteroatoms. The molecule has 0 radical (unpaired) electrons. The molecule has 138 valence electrons. The van der Waals surface area contributed by atoms with Crippen LogP contribution in [0.25, 0.3) is 0 Å². The lowest BCUT2D eigenvalue weighted by Crippen LogP contribution is -2.45. The molecular weight excluding hydrogens is 349 g/mol. The lowest BCUT2D eigenvalue weighted by molar-refractivity contribution is -0.149. The monoisotopic (exact) mass is 373 g/mol. The fraction of sp³-hybridized carbons (Fsp3) is 0.300. The third-order valence-corrected chi connectivity index (χ3v) is 4.50. The second kappa shape index (κ2) is 9.35. The molecule has 0 aliphatic heterocycles. The van der Waals surface area contributed by atoms with E-state index in [1.54, 1.807) is 13.0 Å². The molecule has 5 nitrogen and oxygen atoms in total. The van der Waals surface area contributed by atoms with Crippen molar-refractivity contribution in [1.82, 2.24) is 4.90 Å². The normalized spacial score (nSPS) is 11.7. The average molecular weight is 373 g/mol. The van der Waals surface area contributed by atoms with Crippen LogP contribution in [0.3, 0.4) is 0 Å². The summed E-state index contributed by atoms with van der Waals surface area (Å²) in [5, 5.41) is 10.1. The number of phenolic OH excluding ortho intramolecular Hbond substituents is 1. The van der Waals surface area contributed by atoms with Crippen molar-refractivity contribution in [3.05, 3.63) is 59.7 Å². The van der Waals surface area contributed by atoms with Gasteiger partial charge in [0.25, 0.3) is 5.91 Å². The van der Waals surface area contributed by atoms with Gasteiger partial charge in [0.05, 0.1) is 0 Å². The highest BCUT2D eigenvalue weighted by Gasteiger charge is 2.28. The first-order valence-electron chi connectivity index (χ1n) is 8.54. The van der Waals surface area contributed by atoms with Gasteiger partial charge in [-0.05, 0) is 42.4 Å². The third kappa shape index (κ3) is 5.06. The molecule has 0 bridgehead atoms. The molecule has 2 atom stereocenters. The standard InChI is InChI=1S/C20H24NO4P/c1-3-11-21(19(23)17-10-9-16(22)12-18(17)26)14(2)20(24)25-13-15-7-5-4-6-8-15/h4-10,12,14,22H,3,11,13,26H2,1-2H3. The van der Waals surface area contributed by atoms with Crippen molar-refractivity contribution in [3.8, 4) is 5.75 Å². The van der Waals surface area contributed by atoms with E-state index < -0.39 is 12.0 Å². The SMILES string of the molecule is CCCN(C(=O)c1ccc(O)cc1P)C(C)C(=O)OCc1ccccc1. The maximum Gasteiger partial charge on any atom is 0.328 e. The molecule has 2 aromatic rings. The van der Waals surface area contributed by atoms with Crippen LogP contribution in [-0.2, 0) is 16.1 Å². The fourth-order valence-corrected chi connectivity index (χ4v) is 2.98. The van der Waals surface area contributed by atoms with E-state index in [1.807, 2.05) is 37.3 Å². The Balaban J connectivity index is 2.11. The summed E-state index contributed by atoms with van der Waals surface area (Å²) in [4.78, 5) is 26.9. The van der Waals surface area contributed by atoms with Crippen LogP contribution in [0.5, 0.6) is 5.75 Å². The van der Waals surface area contributed by atoms with Crippen molar-refractivity contribution >= 4 is 26.4 Å². The Kier molecular flexibility index (Phi) is 7.16. The topological polar surface area (TPSA) is 66.8 Å².